The van der Waals surface area contributed by atoms with E-state index >= 15 is 0 Å². The molecule has 1 aliphatic rings. The second kappa shape index (κ2) is 13.2. The third-order valence-electron chi connectivity index (χ3n) is 6.46. The number of rotatable bonds is 12. The summed E-state index contributed by atoms with van der Waals surface area (Å²) in [5.41, 5.74) is 3.69. The van der Waals surface area contributed by atoms with E-state index in [0.717, 1.165) is 24.2 Å². The van der Waals surface area contributed by atoms with Gasteiger partial charge >= 0.3 is 0 Å². The summed E-state index contributed by atoms with van der Waals surface area (Å²) < 4.78 is 5.37. The molecule has 0 bridgehead atoms. The number of aryl methyl sites for hydroxylation is 1. The first-order valence-corrected chi connectivity index (χ1v) is 13.1. The Hall–Kier alpha value is -4.71. The molecule has 2 aromatic carbocycles. The zero-order valence-corrected chi connectivity index (χ0v) is 22.0. The van der Waals surface area contributed by atoms with E-state index in [4.69, 9.17) is 10.8 Å². The Kier molecular flexibility index (Phi) is 9.25. The van der Waals surface area contributed by atoms with Gasteiger partial charge in [-0.15, -0.1) is 6.42 Å². The van der Waals surface area contributed by atoms with Crippen molar-refractivity contribution in [2.45, 2.75) is 26.2 Å². The van der Waals surface area contributed by atoms with Crippen molar-refractivity contribution in [2.24, 2.45) is 0 Å². The third-order valence-corrected chi connectivity index (χ3v) is 6.46. The van der Waals surface area contributed by atoms with E-state index < -0.39 is 5.91 Å². The molecule has 0 saturated carbocycles. The van der Waals surface area contributed by atoms with Gasteiger partial charge in [0.15, 0.2) is 11.5 Å². The lowest BCUT2D eigenvalue weighted by atomic mass is 10.1. The van der Waals surface area contributed by atoms with Crippen LogP contribution in [0.5, 0.6) is 0 Å². The molecule has 0 radical (unpaired) electrons. The smallest absolute Gasteiger partial charge is 0.291 e. The summed E-state index contributed by atoms with van der Waals surface area (Å²) in [5, 5.41) is 12.4. The maximum absolute atomic E-state index is 12.8. The summed E-state index contributed by atoms with van der Waals surface area (Å²) in [7, 11) is 0. The topological polar surface area (TPSA) is 116 Å². The number of para-hydroxylation sites is 1. The first-order chi connectivity index (χ1) is 18.9. The van der Waals surface area contributed by atoms with E-state index in [1.807, 2.05) is 36.1 Å². The molecule has 3 aromatic rings. The van der Waals surface area contributed by atoms with Crippen LogP contribution in [-0.4, -0.2) is 55.3 Å². The normalized spacial score (nSPS) is 12.6. The molecule has 202 valence electrons. The van der Waals surface area contributed by atoms with Gasteiger partial charge in [0.1, 0.15) is 0 Å². The SMILES string of the molecule is C#Cc1ccc(C(=O)Nc2cc(C(=O)NCCCN3CCCC3=O)ccc2NCCNc2ccccc2C)o1. The van der Waals surface area contributed by atoms with Gasteiger partial charge in [0.25, 0.3) is 11.8 Å². The number of carbonyl (C=O) groups is 3. The van der Waals surface area contributed by atoms with Gasteiger partial charge < -0.3 is 30.6 Å². The van der Waals surface area contributed by atoms with Crippen molar-refractivity contribution in [1.82, 2.24) is 10.2 Å². The van der Waals surface area contributed by atoms with Gasteiger partial charge in [0.05, 0.1) is 11.4 Å². The van der Waals surface area contributed by atoms with E-state index in [-0.39, 0.29) is 23.3 Å². The van der Waals surface area contributed by atoms with Crippen molar-refractivity contribution in [2.75, 3.05) is 48.7 Å². The minimum absolute atomic E-state index is 0.0708. The monoisotopic (exact) mass is 527 g/mol. The van der Waals surface area contributed by atoms with Gasteiger partial charge in [-0.05, 0) is 67.6 Å². The molecule has 39 heavy (non-hydrogen) atoms. The second-order valence-corrected chi connectivity index (χ2v) is 9.28. The number of nitrogens with zero attached hydrogens (tertiary/aromatic N) is 1. The number of benzene rings is 2. The Morgan fingerprint density at radius 3 is 2.49 bits per heavy atom. The first kappa shape index (κ1) is 27.3. The van der Waals surface area contributed by atoms with Crippen molar-refractivity contribution < 1.29 is 18.8 Å². The summed E-state index contributed by atoms with van der Waals surface area (Å²) in [4.78, 5) is 39.3. The standard InChI is InChI=1S/C30H33N5O4/c1-3-23-12-14-27(39-23)30(38)34-26-20-22(29(37)33-15-7-19-35-18-6-10-28(35)36)11-13-25(26)32-17-16-31-24-9-5-4-8-21(24)2/h1,4-5,8-9,11-14,20,31-32H,6-7,10,15-19H2,2H3,(H,33,37)(H,34,38). The summed E-state index contributed by atoms with van der Waals surface area (Å²) in [6, 6.07) is 16.2. The molecule has 4 rings (SSSR count). The van der Waals surface area contributed by atoms with E-state index in [2.05, 4.69) is 27.2 Å². The van der Waals surface area contributed by atoms with Gasteiger partial charge in [-0.1, -0.05) is 18.2 Å². The van der Waals surface area contributed by atoms with Crippen molar-refractivity contribution >= 4 is 34.8 Å². The van der Waals surface area contributed by atoms with Crippen LogP contribution >= 0.6 is 0 Å². The lowest BCUT2D eigenvalue weighted by Gasteiger charge is -2.16. The van der Waals surface area contributed by atoms with Crippen LogP contribution in [0.3, 0.4) is 0 Å². The van der Waals surface area contributed by atoms with Crippen molar-refractivity contribution in [1.29, 1.82) is 0 Å². The fourth-order valence-electron chi connectivity index (χ4n) is 4.34. The van der Waals surface area contributed by atoms with Crippen molar-refractivity contribution in [3.63, 3.8) is 0 Å². The summed E-state index contributed by atoms with van der Waals surface area (Å²) >= 11 is 0. The number of hydrogen-bond acceptors (Lipinski definition) is 6. The fraction of sp³-hybridized carbons (Fsp3) is 0.300. The van der Waals surface area contributed by atoms with Gasteiger partial charge in [-0.2, -0.15) is 0 Å². The third kappa shape index (κ3) is 7.42. The minimum atomic E-state index is -0.481. The highest BCUT2D eigenvalue weighted by atomic mass is 16.3. The molecule has 0 aliphatic carbocycles. The van der Waals surface area contributed by atoms with Crippen LogP contribution in [0.1, 0.15) is 51.5 Å². The molecule has 0 spiro atoms. The summed E-state index contributed by atoms with van der Waals surface area (Å²) in [6.07, 6.45) is 7.52. The Morgan fingerprint density at radius 1 is 0.974 bits per heavy atom. The number of amides is 3. The average Bonchev–Trinajstić information content (AvgIpc) is 3.59. The van der Waals surface area contributed by atoms with Crippen LogP contribution in [-0.2, 0) is 4.79 Å². The van der Waals surface area contributed by atoms with Crippen LogP contribution in [0.4, 0.5) is 17.1 Å². The number of hydrogen-bond donors (Lipinski definition) is 4. The zero-order valence-electron chi connectivity index (χ0n) is 22.0. The van der Waals surface area contributed by atoms with Gasteiger partial charge in [0, 0.05) is 50.4 Å². The van der Waals surface area contributed by atoms with E-state index in [1.165, 1.54) is 6.07 Å². The molecule has 0 unspecified atom stereocenters. The van der Waals surface area contributed by atoms with E-state index in [0.29, 0.717) is 56.0 Å². The molecular formula is C30H33N5O4. The van der Waals surface area contributed by atoms with Crippen LogP contribution in [0, 0.1) is 19.3 Å². The summed E-state index contributed by atoms with van der Waals surface area (Å²) in [5.74, 6) is 2.11. The molecule has 1 saturated heterocycles. The lowest BCUT2D eigenvalue weighted by molar-refractivity contribution is -0.127. The highest BCUT2D eigenvalue weighted by Gasteiger charge is 2.19. The second-order valence-electron chi connectivity index (χ2n) is 9.28. The van der Waals surface area contributed by atoms with Gasteiger partial charge in [-0.3, -0.25) is 14.4 Å². The Labute approximate surface area is 228 Å². The molecule has 4 N–H and O–H groups in total. The van der Waals surface area contributed by atoms with Crippen molar-refractivity contribution in [3.05, 3.63) is 77.2 Å². The number of nitrogens with one attached hydrogen (secondary N) is 4. The molecule has 9 nitrogen and oxygen atoms in total. The van der Waals surface area contributed by atoms with E-state index in [9.17, 15) is 14.4 Å². The van der Waals surface area contributed by atoms with Crippen LogP contribution in [0.2, 0.25) is 0 Å². The zero-order chi connectivity index (χ0) is 27.6. The maximum atomic E-state index is 12.8. The predicted molar refractivity (Wildman–Crippen MR) is 152 cm³/mol. The van der Waals surface area contributed by atoms with Crippen LogP contribution in [0.25, 0.3) is 0 Å². The number of furan rings is 1. The van der Waals surface area contributed by atoms with Gasteiger partial charge in [-0.25, -0.2) is 0 Å². The number of terminal acetylenes is 1. The molecule has 1 aliphatic heterocycles. The number of anilines is 3. The quantitative estimate of drug-likeness (QED) is 0.208. The Balaban J connectivity index is 1.39. The van der Waals surface area contributed by atoms with E-state index in [1.54, 1.807) is 24.3 Å². The molecular weight excluding hydrogens is 494 g/mol. The van der Waals surface area contributed by atoms with Crippen molar-refractivity contribution in [3.8, 4) is 12.3 Å². The molecule has 1 fully saturated rings. The average molecular weight is 528 g/mol. The predicted octanol–water partition coefficient (Wildman–Crippen LogP) is 4.09. The summed E-state index contributed by atoms with van der Waals surface area (Å²) in [6.45, 7) is 5.10. The highest BCUT2D eigenvalue weighted by molar-refractivity contribution is 6.05. The largest absolute Gasteiger partial charge is 0.443 e. The number of carbonyl (C=O) groups excluding carboxylic acids is 3. The van der Waals surface area contributed by atoms with Gasteiger partial charge in [0.2, 0.25) is 5.91 Å². The minimum Gasteiger partial charge on any atom is -0.443 e. The molecule has 9 heteroatoms. The van der Waals surface area contributed by atoms with Crippen LogP contribution in [0.15, 0.2) is 59.0 Å². The Bertz CT molecular complexity index is 1370. The molecule has 3 amide bonds. The van der Waals surface area contributed by atoms with Crippen LogP contribution < -0.4 is 21.3 Å². The Morgan fingerprint density at radius 2 is 1.77 bits per heavy atom. The highest BCUT2D eigenvalue weighted by Crippen LogP contribution is 2.25. The fourth-order valence-corrected chi connectivity index (χ4v) is 4.34. The maximum Gasteiger partial charge on any atom is 0.291 e. The first-order valence-electron chi connectivity index (χ1n) is 13.1. The number of likely N-dealkylation sites (tertiary alicyclic amines) is 1. The molecule has 1 aromatic heterocycles. The molecule has 2 heterocycles. The molecule has 0 atom stereocenters. The lowest BCUT2D eigenvalue weighted by Crippen LogP contribution is -2.30.